The van der Waals surface area contributed by atoms with Crippen LogP contribution in [0.5, 0.6) is 0 Å². The zero-order valence-electron chi connectivity index (χ0n) is 9.10. The standard InChI is InChI=1S/C14H11ClO2/c15-13-12-10-6-2-1-4-9(8-10)5-3-7-11(12)17-14(13)16/h1-7,12-13H,8H2/b5-3-,11-7+/t12-,13+/m1/s1. The van der Waals surface area contributed by atoms with Gasteiger partial charge in [-0.25, -0.2) is 0 Å². The van der Waals surface area contributed by atoms with Crippen LogP contribution in [-0.2, 0) is 9.53 Å². The number of fused-ring (bicyclic) bond motifs is 4. The van der Waals surface area contributed by atoms with Crippen molar-refractivity contribution in [2.75, 3.05) is 0 Å². The van der Waals surface area contributed by atoms with Gasteiger partial charge in [0.25, 0.3) is 0 Å². The predicted molar refractivity (Wildman–Crippen MR) is 66.4 cm³/mol. The highest BCUT2D eigenvalue weighted by atomic mass is 35.5. The number of carbonyl (C=O) groups excluding carboxylic acids is 1. The van der Waals surface area contributed by atoms with Gasteiger partial charge in [-0.05, 0) is 18.1 Å². The van der Waals surface area contributed by atoms with E-state index in [0.29, 0.717) is 5.76 Å². The van der Waals surface area contributed by atoms with Crippen molar-refractivity contribution >= 4 is 17.6 Å². The smallest absolute Gasteiger partial charge is 0.330 e. The third kappa shape index (κ3) is 1.79. The second kappa shape index (κ2) is 4.04. The largest absolute Gasteiger partial charge is 0.429 e. The highest BCUT2D eigenvalue weighted by Gasteiger charge is 2.42. The zero-order valence-corrected chi connectivity index (χ0v) is 9.85. The van der Waals surface area contributed by atoms with E-state index in [4.69, 9.17) is 16.3 Å². The van der Waals surface area contributed by atoms with Crippen molar-refractivity contribution < 1.29 is 9.53 Å². The lowest BCUT2D eigenvalue weighted by Gasteiger charge is -2.17. The Morgan fingerprint density at radius 2 is 2.00 bits per heavy atom. The van der Waals surface area contributed by atoms with Crippen LogP contribution in [0.25, 0.3) is 0 Å². The van der Waals surface area contributed by atoms with Gasteiger partial charge < -0.3 is 4.74 Å². The molecule has 1 fully saturated rings. The highest BCUT2D eigenvalue weighted by molar-refractivity contribution is 6.31. The average molecular weight is 247 g/mol. The summed E-state index contributed by atoms with van der Waals surface area (Å²) >= 11 is 6.14. The second-order valence-electron chi connectivity index (χ2n) is 4.27. The number of carbonyl (C=O) groups is 1. The van der Waals surface area contributed by atoms with Crippen LogP contribution in [-0.4, -0.2) is 11.3 Å². The van der Waals surface area contributed by atoms with Gasteiger partial charge in [0.1, 0.15) is 11.1 Å². The highest BCUT2D eigenvalue weighted by Crippen LogP contribution is 2.40. The maximum Gasteiger partial charge on any atom is 0.330 e. The van der Waals surface area contributed by atoms with Crippen LogP contribution in [0.3, 0.4) is 0 Å². The molecule has 2 bridgehead atoms. The Labute approximate surface area is 105 Å². The molecule has 0 spiro atoms. The van der Waals surface area contributed by atoms with E-state index < -0.39 is 5.38 Å². The van der Waals surface area contributed by atoms with Crippen molar-refractivity contribution in [3.05, 3.63) is 59.4 Å². The van der Waals surface area contributed by atoms with E-state index in [2.05, 4.69) is 6.08 Å². The van der Waals surface area contributed by atoms with E-state index in [-0.39, 0.29) is 11.9 Å². The summed E-state index contributed by atoms with van der Waals surface area (Å²) in [4.78, 5) is 11.5. The first-order chi connectivity index (χ1) is 8.25. The lowest BCUT2D eigenvalue weighted by molar-refractivity contribution is -0.135. The van der Waals surface area contributed by atoms with Gasteiger partial charge in [-0.3, -0.25) is 4.79 Å². The van der Waals surface area contributed by atoms with Crippen LogP contribution in [0, 0.1) is 5.92 Å². The van der Waals surface area contributed by atoms with E-state index >= 15 is 0 Å². The monoisotopic (exact) mass is 246 g/mol. The third-order valence-corrected chi connectivity index (χ3v) is 3.58. The minimum absolute atomic E-state index is 0.125. The molecule has 17 heavy (non-hydrogen) atoms. The molecule has 0 amide bonds. The van der Waals surface area contributed by atoms with Crippen LogP contribution in [0.1, 0.15) is 6.42 Å². The molecular formula is C14H11ClO2. The summed E-state index contributed by atoms with van der Waals surface area (Å²) in [7, 11) is 0. The molecule has 0 aromatic rings. The SMILES string of the molecule is O=C1O/C2=C/C=C\C3=CC=CC=C(C3)[C@H]2[C@@H]1Cl. The van der Waals surface area contributed by atoms with E-state index in [1.807, 2.05) is 36.5 Å². The van der Waals surface area contributed by atoms with Gasteiger partial charge in [0, 0.05) is 0 Å². The minimum atomic E-state index is -0.605. The van der Waals surface area contributed by atoms with Crippen molar-refractivity contribution in [2.45, 2.75) is 11.8 Å². The fourth-order valence-corrected chi connectivity index (χ4v) is 2.66. The minimum Gasteiger partial charge on any atom is -0.429 e. The molecule has 86 valence electrons. The molecule has 3 aliphatic rings. The Balaban J connectivity index is 2.11. The molecule has 2 atom stereocenters. The third-order valence-electron chi connectivity index (χ3n) is 3.15. The molecule has 3 heteroatoms. The maximum absolute atomic E-state index is 11.5. The van der Waals surface area contributed by atoms with Gasteiger partial charge in [0.15, 0.2) is 0 Å². The van der Waals surface area contributed by atoms with Crippen LogP contribution < -0.4 is 0 Å². The zero-order chi connectivity index (χ0) is 11.8. The molecule has 1 aliphatic heterocycles. The summed E-state index contributed by atoms with van der Waals surface area (Å²) in [5.74, 6) is 0.185. The Bertz CT molecular complexity index is 520. The van der Waals surface area contributed by atoms with E-state index in [1.165, 1.54) is 5.57 Å². The predicted octanol–water partition coefficient (Wildman–Crippen LogP) is 3.03. The number of hydrogen-bond acceptors (Lipinski definition) is 2. The quantitative estimate of drug-likeness (QED) is 0.485. The molecule has 2 nitrogen and oxygen atoms in total. The van der Waals surface area contributed by atoms with Crippen LogP contribution >= 0.6 is 11.6 Å². The summed E-state index contributed by atoms with van der Waals surface area (Å²) in [6.45, 7) is 0. The Morgan fingerprint density at radius 1 is 1.18 bits per heavy atom. The normalized spacial score (nSPS) is 35.4. The molecule has 3 rings (SSSR count). The molecule has 1 heterocycles. The molecule has 0 aromatic heterocycles. The van der Waals surface area contributed by atoms with Gasteiger partial charge in [0.2, 0.25) is 0 Å². The number of esters is 1. The lowest BCUT2D eigenvalue weighted by atomic mass is 9.88. The molecule has 0 saturated carbocycles. The summed E-state index contributed by atoms with van der Waals surface area (Å²) in [5.41, 5.74) is 2.34. The van der Waals surface area contributed by atoms with E-state index in [9.17, 15) is 4.79 Å². The number of allylic oxidation sites excluding steroid dienone is 9. The number of halogens is 1. The lowest BCUT2D eigenvalue weighted by Crippen LogP contribution is -2.17. The fourth-order valence-electron chi connectivity index (χ4n) is 2.33. The van der Waals surface area contributed by atoms with Crippen LogP contribution in [0.2, 0.25) is 0 Å². The van der Waals surface area contributed by atoms with Gasteiger partial charge >= 0.3 is 5.97 Å². The van der Waals surface area contributed by atoms with Gasteiger partial charge in [-0.15, -0.1) is 11.6 Å². The van der Waals surface area contributed by atoms with Crippen molar-refractivity contribution in [3.8, 4) is 0 Å². The number of ether oxygens (including phenoxy) is 1. The number of hydrogen-bond donors (Lipinski definition) is 0. The molecule has 0 aromatic carbocycles. The first kappa shape index (κ1) is 10.6. The van der Waals surface area contributed by atoms with Crippen LogP contribution in [0.4, 0.5) is 0 Å². The first-order valence-corrected chi connectivity index (χ1v) is 5.99. The Kier molecular flexibility index (Phi) is 2.52. The molecule has 0 radical (unpaired) electrons. The Hall–Kier alpha value is -1.54. The summed E-state index contributed by atoms with van der Waals surface area (Å²) < 4.78 is 5.20. The number of alkyl halides is 1. The van der Waals surface area contributed by atoms with Crippen molar-refractivity contribution in [1.82, 2.24) is 0 Å². The van der Waals surface area contributed by atoms with E-state index in [1.54, 1.807) is 0 Å². The number of rotatable bonds is 0. The fraction of sp³-hybridized carbons (Fsp3) is 0.214. The molecule has 1 saturated heterocycles. The molecule has 0 unspecified atom stereocenters. The van der Waals surface area contributed by atoms with Crippen molar-refractivity contribution in [3.63, 3.8) is 0 Å². The van der Waals surface area contributed by atoms with Gasteiger partial charge in [-0.2, -0.15) is 0 Å². The maximum atomic E-state index is 11.5. The molecule has 0 N–H and O–H groups in total. The van der Waals surface area contributed by atoms with Crippen molar-refractivity contribution in [1.29, 1.82) is 0 Å². The summed E-state index contributed by atoms with van der Waals surface area (Å²) in [6, 6.07) is 0. The van der Waals surface area contributed by atoms with Gasteiger partial charge in [0.05, 0.1) is 5.92 Å². The second-order valence-corrected chi connectivity index (χ2v) is 4.74. The molecule has 2 aliphatic carbocycles. The molecular weight excluding hydrogens is 236 g/mol. The summed E-state index contributed by atoms with van der Waals surface area (Å²) in [5, 5.41) is -0.605. The average Bonchev–Trinajstić information content (AvgIpc) is 2.52. The van der Waals surface area contributed by atoms with E-state index in [0.717, 1.165) is 12.0 Å². The summed E-state index contributed by atoms with van der Waals surface area (Å²) in [6.07, 6.45) is 14.7. The van der Waals surface area contributed by atoms with Crippen molar-refractivity contribution in [2.24, 2.45) is 5.92 Å². The van der Waals surface area contributed by atoms with Crippen LogP contribution in [0.15, 0.2) is 59.4 Å². The Morgan fingerprint density at radius 3 is 2.88 bits per heavy atom. The first-order valence-electron chi connectivity index (χ1n) is 5.56. The topological polar surface area (TPSA) is 26.3 Å². The van der Waals surface area contributed by atoms with Gasteiger partial charge in [-0.1, -0.05) is 42.0 Å².